The molecule has 0 aliphatic carbocycles. The lowest BCUT2D eigenvalue weighted by atomic mass is 9.97. The number of allylic oxidation sites excluding steroid dienone is 3. The fraction of sp³-hybridized carbons (Fsp3) is 0.308. The Morgan fingerprint density at radius 3 is 2.50 bits per heavy atom. The first-order chi connectivity index (χ1) is 16.9. The molecule has 0 spiro atoms. The number of aromatic nitrogens is 2. The number of halogens is 4. The van der Waals surface area contributed by atoms with Crippen LogP contribution in [-0.2, 0) is 6.54 Å². The number of carbonyl (C=O) groups is 1. The zero-order chi connectivity index (χ0) is 26.4. The van der Waals surface area contributed by atoms with E-state index < -0.39 is 17.8 Å². The molecule has 4 rings (SSSR count). The molecule has 0 unspecified atom stereocenters. The number of rotatable bonds is 5. The van der Waals surface area contributed by atoms with Crippen LogP contribution in [0.5, 0.6) is 0 Å². The summed E-state index contributed by atoms with van der Waals surface area (Å²) in [5, 5.41) is 6.14. The highest BCUT2D eigenvalue weighted by molar-refractivity contribution is 6.37. The van der Waals surface area contributed by atoms with Gasteiger partial charge in [0.15, 0.2) is 0 Å². The third-order valence-corrected chi connectivity index (χ3v) is 6.49. The predicted octanol–water partition coefficient (Wildman–Crippen LogP) is 5.54. The SMILES string of the molecule is Cc1cc(C)c(CNC(=O)c2cc(C3=CC=C(C(F)(F)F)NC3)cc3c2c(Cl)cn3C(C)C)c(=O)[nH]1. The average Bonchev–Trinajstić information content (AvgIpc) is 3.14. The molecule has 6 nitrogen and oxygen atoms in total. The molecule has 190 valence electrons. The summed E-state index contributed by atoms with van der Waals surface area (Å²) in [4.78, 5) is 28.5. The number of nitrogens with zero attached hydrogens (tertiary/aromatic N) is 1. The number of alkyl halides is 3. The Morgan fingerprint density at radius 2 is 1.92 bits per heavy atom. The molecule has 0 radical (unpaired) electrons. The monoisotopic (exact) mass is 518 g/mol. The minimum Gasteiger partial charge on any atom is -0.377 e. The van der Waals surface area contributed by atoms with E-state index in [2.05, 4.69) is 15.6 Å². The molecule has 1 amide bonds. The van der Waals surface area contributed by atoms with Crippen LogP contribution in [0.15, 0.2) is 47.0 Å². The van der Waals surface area contributed by atoms with Crippen LogP contribution < -0.4 is 16.2 Å². The van der Waals surface area contributed by atoms with Crippen LogP contribution >= 0.6 is 11.6 Å². The molecule has 2 aromatic heterocycles. The van der Waals surface area contributed by atoms with Crippen LogP contribution in [0.1, 0.15) is 52.6 Å². The Kier molecular flexibility index (Phi) is 6.79. The topological polar surface area (TPSA) is 78.9 Å². The zero-order valence-electron chi connectivity index (χ0n) is 20.2. The molecule has 0 saturated carbocycles. The van der Waals surface area contributed by atoms with E-state index >= 15 is 0 Å². The van der Waals surface area contributed by atoms with Crippen LogP contribution in [0.4, 0.5) is 13.2 Å². The van der Waals surface area contributed by atoms with Gasteiger partial charge in [-0.15, -0.1) is 0 Å². The molecule has 3 N–H and O–H groups in total. The van der Waals surface area contributed by atoms with Gasteiger partial charge in [-0.25, -0.2) is 0 Å². The van der Waals surface area contributed by atoms with E-state index in [-0.39, 0.29) is 30.3 Å². The highest BCUT2D eigenvalue weighted by Gasteiger charge is 2.34. The van der Waals surface area contributed by atoms with Crippen molar-refractivity contribution in [2.45, 2.75) is 46.5 Å². The number of nitrogens with one attached hydrogen (secondary N) is 3. The first-order valence-electron chi connectivity index (χ1n) is 11.4. The highest BCUT2D eigenvalue weighted by atomic mass is 35.5. The molecule has 3 heterocycles. The van der Waals surface area contributed by atoms with E-state index in [1.54, 1.807) is 26.1 Å². The second kappa shape index (κ2) is 9.54. The number of hydrogen-bond acceptors (Lipinski definition) is 3. The quantitative estimate of drug-likeness (QED) is 0.415. The van der Waals surface area contributed by atoms with Crippen LogP contribution in [0, 0.1) is 13.8 Å². The molecule has 36 heavy (non-hydrogen) atoms. The Hall–Kier alpha value is -3.46. The number of dihydropyridines is 1. The molecular formula is C26H26ClF3N4O2. The van der Waals surface area contributed by atoms with E-state index in [0.717, 1.165) is 17.3 Å². The largest absolute Gasteiger partial charge is 0.430 e. The number of carbonyl (C=O) groups excluding carboxylic acids is 1. The fourth-order valence-corrected chi connectivity index (χ4v) is 4.68. The molecular weight excluding hydrogens is 493 g/mol. The van der Waals surface area contributed by atoms with Gasteiger partial charge in [-0.05, 0) is 68.7 Å². The van der Waals surface area contributed by atoms with Crippen molar-refractivity contribution in [1.29, 1.82) is 0 Å². The summed E-state index contributed by atoms with van der Waals surface area (Å²) in [6.07, 6.45) is -0.338. The smallest absolute Gasteiger partial charge is 0.377 e. The number of aryl methyl sites for hydroxylation is 2. The van der Waals surface area contributed by atoms with Crippen molar-refractivity contribution in [2.75, 3.05) is 6.54 Å². The molecule has 1 aliphatic heterocycles. The van der Waals surface area contributed by atoms with Crippen molar-refractivity contribution in [3.05, 3.63) is 85.6 Å². The van der Waals surface area contributed by atoms with Crippen molar-refractivity contribution in [3.8, 4) is 0 Å². The van der Waals surface area contributed by atoms with Gasteiger partial charge in [-0.1, -0.05) is 17.7 Å². The first kappa shape index (κ1) is 25.6. The Morgan fingerprint density at radius 1 is 1.19 bits per heavy atom. The zero-order valence-corrected chi connectivity index (χ0v) is 21.0. The van der Waals surface area contributed by atoms with E-state index in [1.807, 2.05) is 30.5 Å². The molecule has 0 fully saturated rings. The number of benzene rings is 1. The molecule has 1 aromatic carbocycles. The van der Waals surface area contributed by atoms with Gasteiger partial charge in [0.1, 0.15) is 5.70 Å². The van der Waals surface area contributed by atoms with Crippen molar-refractivity contribution >= 4 is 34.0 Å². The predicted molar refractivity (Wildman–Crippen MR) is 135 cm³/mol. The summed E-state index contributed by atoms with van der Waals surface area (Å²) in [7, 11) is 0. The number of aromatic amines is 1. The second-order valence-electron chi connectivity index (χ2n) is 9.15. The normalized spacial score (nSPS) is 14.0. The Balaban J connectivity index is 1.78. The minimum atomic E-state index is -4.47. The number of hydrogen-bond donors (Lipinski definition) is 3. The number of H-pyrrole nitrogens is 1. The van der Waals surface area contributed by atoms with Crippen molar-refractivity contribution < 1.29 is 18.0 Å². The molecule has 3 aromatic rings. The maximum atomic E-state index is 13.4. The van der Waals surface area contributed by atoms with Gasteiger partial charge < -0.3 is 20.2 Å². The van der Waals surface area contributed by atoms with Crippen LogP contribution in [-0.4, -0.2) is 28.2 Å². The summed E-state index contributed by atoms with van der Waals surface area (Å²) in [5.74, 6) is -0.444. The van der Waals surface area contributed by atoms with Gasteiger partial charge in [0, 0.05) is 42.0 Å². The maximum absolute atomic E-state index is 13.4. The molecule has 0 saturated heterocycles. The van der Waals surface area contributed by atoms with Gasteiger partial charge >= 0.3 is 6.18 Å². The van der Waals surface area contributed by atoms with Gasteiger partial charge in [0.05, 0.1) is 16.1 Å². The van der Waals surface area contributed by atoms with Crippen LogP contribution in [0.2, 0.25) is 5.02 Å². The lowest BCUT2D eigenvalue weighted by Crippen LogP contribution is -2.29. The number of amides is 1. The van der Waals surface area contributed by atoms with E-state index in [1.165, 1.54) is 6.08 Å². The van der Waals surface area contributed by atoms with Gasteiger partial charge in [-0.2, -0.15) is 13.2 Å². The van der Waals surface area contributed by atoms with E-state index in [0.29, 0.717) is 32.6 Å². The summed E-state index contributed by atoms with van der Waals surface area (Å²) >= 11 is 6.55. The van der Waals surface area contributed by atoms with Crippen LogP contribution in [0.25, 0.3) is 16.5 Å². The standard InChI is InChI=1S/C26H26ClF3N4O2/c1-13(2)34-12-20(27)23-18(24(35)32-11-19-14(3)7-15(4)33-25(19)36)8-17(9-21(23)34)16-5-6-22(31-10-16)26(28,29)30/h5-9,12-13,31H,10-11H2,1-4H3,(H,32,35)(H,33,36). The van der Waals surface area contributed by atoms with E-state index in [4.69, 9.17) is 11.6 Å². The summed E-state index contributed by atoms with van der Waals surface area (Å²) < 4.78 is 41.0. The van der Waals surface area contributed by atoms with Gasteiger partial charge in [0.2, 0.25) is 0 Å². The van der Waals surface area contributed by atoms with Crippen LogP contribution in [0.3, 0.4) is 0 Å². The maximum Gasteiger partial charge on any atom is 0.430 e. The first-order valence-corrected chi connectivity index (χ1v) is 11.8. The van der Waals surface area contributed by atoms with Gasteiger partial charge in [0.25, 0.3) is 11.5 Å². The summed E-state index contributed by atoms with van der Waals surface area (Å²) in [6, 6.07) is 5.30. The lowest BCUT2D eigenvalue weighted by Gasteiger charge is -2.20. The molecule has 0 bridgehead atoms. The molecule has 0 atom stereocenters. The Bertz CT molecular complexity index is 1480. The lowest BCUT2D eigenvalue weighted by molar-refractivity contribution is -0.0964. The number of fused-ring (bicyclic) bond motifs is 1. The fourth-order valence-electron chi connectivity index (χ4n) is 4.38. The second-order valence-corrected chi connectivity index (χ2v) is 9.55. The number of pyridine rings is 1. The van der Waals surface area contributed by atoms with E-state index in [9.17, 15) is 22.8 Å². The summed E-state index contributed by atoms with van der Waals surface area (Å²) in [5.41, 5.74) is 2.98. The third kappa shape index (κ3) is 4.93. The van der Waals surface area contributed by atoms with Crippen molar-refractivity contribution in [3.63, 3.8) is 0 Å². The third-order valence-electron chi connectivity index (χ3n) is 6.20. The molecule has 1 aliphatic rings. The Labute approximate surface area is 210 Å². The van der Waals surface area contributed by atoms with Crippen molar-refractivity contribution in [2.24, 2.45) is 0 Å². The minimum absolute atomic E-state index is 0.0104. The summed E-state index contributed by atoms with van der Waals surface area (Å²) in [6.45, 7) is 7.47. The average molecular weight is 519 g/mol. The molecule has 10 heteroatoms. The highest BCUT2D eigenvalue weighted by Crippen LogP contribution is 2.35. The van der Waals surface area contributed by atoms with Crippen molar-refractivity contribution in [1.82, 2.24) is 20.2 Å². The van der Waals surface area contributed by atoms with Gasteiger partial charge in [-0.3, -0.25) is 9.59 Å².